The number of nitrogens with one attached hydrogen (secondary N) is 18. The third-order valence-corrected chi connectivity index (χ3v) is 23.9. The third kappa shape index (κ3) is 35.1. The second-order valence-corrected chi connectivity index (χ2v) is 33.8. The Morgan fingerprint density at radius 1 is 0.580 bits per heavy atom. The maximum Gasteiger partial charge on any atom is 0.326 e. The SMILES string of the molecule is C[C@@H](O)[C@@H]1NC(=O)[C@H]2CSSC[C@@H](C(=O)N[C@H](CC(=O)NC(CCCNC(=N)N)C(=O)O)Cc3ccc(O)cc3)NC(=O)[C@H](CCC(=O)O)NC(=O)[C@@H](Cc3ccc(O)c(I)c3)NC(=O)[C@H](CCCNC(=N)N)NC(=O)[C@H](CSSC[C@H](NC(=O)CN)C(=O)N2)NC(=O)[C@H](CCCNC(=N)N)NC(=O)[C@@H]2CCCN2C(=O)[C@H](CC(=O)O)NC1=O. The number of aliphatic hydroxyl groups excluding tert-OH is 1. The van der Waals surface area contributed by atoms with Gasteiger partial charge in [-0.1, -0.05) is 61.4 Å². The zero-order valence-corrected chi connectivity index (χ0v) is 69.8. The number of aliphatic carboxylic acids is 3. The molecule has 0 aromatic heterocycles. The number of amides is 13. The average Bonchev–Trinajstić information content (AvgIpc) is 1.70. The number of halogens is 1. The van der Waals surface area contributed by atoms with Gasteiger partial charge in [0.1, 0.15) is 84.0 Å². The molecule has 14 atom stereocenters. The van der Waals surface area contributed by atoms with Gasteiger partial charge in [-0.3, -0.25) is 88.1 Å². The molecule has 3 heterocycles. The molecule has 2 aromatic carbocycles. The van der Waals surface area contributed by atoms with Crippen LogP contribution < -0.4 is 103 Å². The van der Waals surface area contributed by atoms with E-state index < -0.39 is 259 Å². The summed E-state index contributed by atoms with van der Waals surface area (Å²) in [6.07, 6.45) is -7.00. The molecule has 5 rings (SSSR count). The van der Waals surface area contributed by atoms with Gasteiger partial charge in [-0.25, -0.2) is 4.79 Å². The number of guanidine groups is 3. The van der Waals surface area contributed by atoms with Crippen molar-refractivity contribution in [2.75, 3.05) is 55.7 Å². The van der Waals surface area contributed by atoms with Crippen molar-refractivity contribution >= 4 is 178 Å². The minimum Gasteiger partial charge on any atom is -0.508 e. The molecule has 2 bridgehead atoms. The number of hydrogen-bond acceptors (Lipinski definition) is 27. The fourth-order valence-electron chi connectivity index (χ4n) is 12.1. The van der Waals surface area contributed by atoms with Crippen LogP contribution in [0.25, 0.3) is 0 Å². The van der Waals surface area contributed by atoms with E-state index in [4.69, 9.17) is 39.2 Å². The average molecular weight is 1860 g/mol. The minimum absolute atomic E-state index is 0.0347. The number of benzene rings is 2. The van der Waals surface area contributed by atoms with Crippen molar-refractivity contribution in [1.82, 2.24) is 84.7 Å². The van der Waals surface area contributed by atoms with Gasteiger partial charge in [-0.15, -0.1) is 0 Å². The van der Waals surface area contributed by atoms with E-state index in [1.165, 1.54) is 42.5 Å². The first kappa shape index (κ1) is 99.0. The molecule has 3 fully saturated rings. The highest BCUT2D eigenvalue weighted by Gasteiger charge is 2.43. The Labute approximate surface area is 711 Å². The van der Waals surface area contributed by atoms with Crippen molar-refractivity contribution in [3.8, 4) is 11.5 Å². The highest BCUT2D eigenvalue weighted by molar-refractivity contribution is 14.1. The van der Waals surface area contributed by atoms with Crippen LogP contribution in [0, 0.1) is 19.8 Å². The Bertz CT molecular complexity index is 4000. The zero-order chi connectivity index (χ0) is 88.2. The monoisotopic (exact) mass is 1860 g/mol. The van der Waals surface area contributed by atoms with E-state index in [2.05, 4.69) is 79.8 Å². The van der Waals surface area contributed by atoms with Crippen molar-refractivity contribution < 1.29 is 107 Å². The first-order valence-electron chi connectivity index (χ1n) is 37.3. The molecule has 32 N–H and O–H groups in total. The number of nitrogens with two attached hydrogens (primary N) is 4. The van der Waals surface area contributed by atoms with E-state index in [-0.39, 0.29) is 105 Å². The van der Waals surface area contributed by atoms with E-state index in [0.717, 1.165) is 33.4 Å². The molecule has 119 heavy (non-hydrogen) atoms. The van der Waals surface area contributed by atoms with Gasteiger partial charge < -0.3 is 138 Å². The summed E-state index contributed by atoms with van der Waals surface area (Å²) < 4.78 is 0.247. The quantitative estimate of drug-likeness (QED) is 0.0114. The lowest BCUT2D eigenvalue weighted by Crippen LogP contribution is -2.62. The standard InChI is InChI=1S/C69H102IN23O22S4/c1-32(94)54-64(112)88-43(26-53(101)102)65(113)93-21-5-9-48(93)63(111)86-39(7-3-19-79-68(74)75)56(104)90-46-30-118-116-28-44(83-51(98)27-71)60(108)91-47(62(110)92-54)31-119-117-29-45(59(107)81-35(22-33-10-13-36(95)14-11-33)25-50(97)82-41(66(114)115)8-4-20-80-69(76)77)89-57(105)40(15-17-52(99)100)85-58(106)42(24-34-12-16-49(96)37(70)23-34)87-55(103)38(84-61(46)109)6-2-18-78-67(72)73/h10-14,16,23,32,35,38-48,54,94-96H,2-9,15,17-22,24-31,71H2,1H3,(H,81,107)(H,82,97)(H,83,98)(H,84,109)(H,85,106)(H,86,111)(H,87,103)(H,88,112)(H,89,105)(H,90,104)(H,91,108)(H,92,110)(H,99,100)(H,101,102)(H,114,115)(H4,72,73,78)(H4,74,75,79)(H4,76,77,80)/t32-,35+,38+,39+,40+,41?,42-,43+,44+,45+,46+,47-,48+,54+/m1/s1. The molecule has 0 spiro atoms. The van der Waals surface area contributed by atoms with Crippen molar-refractivity contribution in [3.05, 3.63) is 57.2 Å². The molecule has 0 aliphatic carbocycles. The van der Waals surface area contributed by atoms with Gasteiger partial charge in [0.2, 0.25) is 76.8 Å². The van der Waals surface area contributed by atoms with Crippen LogP contribution in [-0.4, -0.2) is 289 Å². The molecule has 13 amide bonds. The normalized spacial score (nSPS) is 23.3. The first-order valence-corrected chi connectivity index (χ1v) is 43.3. The number of aromatic hydroxyl groups is 2. The van der Waals surface area contributed by atoms with Gasteiger partial charge >= 0.3 is 17.9 Å². The summed E-state index contributed by atoms with van der Waals surface area (Å²) in [5.41, 5.74) is 22.9. The van der Waals surface area contributed by atoms with E-state index in [9.17, 15) is 78.6 Å². The fourth-order valence-corrected chi connectivity index (χ4v) is 17.3. The van der Waals surface area contributed by atoms with Crippen LogP contribution in [0.4, 0.5) is 0 Å². The molecule has 656 valence electrons. The molecule has 0 saturated carbocycles. The summed E-state index contributed by atoms with van der Waals surface area (Å²) in [6, 6.07) is -13.5. The Hall–Kier alpha value is -10.6. The highest BCUT2D eigenvalue weighted by Crippen LogP contribution is 2.28. The lowest BCUT2D eigenvalue weighted by molar-refractivity contribution is -0.146. The molecule has 0 radical (unpaired) electrons. The molecule has 3 saturated heterocycles. The van der Waals surface area contributed by atoms with Gasteiger partial charge in [0, 0.05) is 74.5 Å². The number of carbonyl (C=O) groups is 16. The fraction of sp³-hybridized carbons (Fsp3) is 0.551. The largest absolute Gasteiger partial charge is 0.508 e. The Balaban J connectivity index is 1.79. The Kier molecular flexibility index (Phi) is 41.9. The smallest absolute Gasteiger partial charge is 0.326 e. The van der Waals surface area contributed by atoms with Gasteiger partial charge in [0.25, 0.3) is 0 Å². The predicted octanol–water partition coefficient (Wildman–Crippen LogP) is -6.97. The van der Waals surface area contributed by atoms with Crippen molar-refractivity contribution in [1.29, 1.82) is 16.2 Å². The van der Waals surface area contributed by atoms with Gasteiger partial charge in [-0.05, 0) is 129 Å². The summed E-state index contributed by atoms with van der Waals surface area (Å²) in [7, 11) is 2.93. The van der Waals surface area contributed by atoms with Crippen LogP contribution in [0.15, 0.2) is 42.5 Å². The predicted molar refractivity (Wildman–Crippen MR) is 444 cm³/mol. The highest BCUT2D eigenvalue weighted by atomic mass is 127. The van der Waals surface area contributed by atoms with Crippen LogP contribution in [-0.2, 0) is 89.6 Å². The minimum atomic E-state index is -2.12. The first-order chi connectivity index (χ1) is 56.3. The summed E-state index contributed by atoms with van der Waals surface area (Å²) in [5, 5.41) is 123. The summed E-state index contributed by atoms with van der Waals surface area (Å²) in [5.74, 6) is -23.5. The summed E-state index contributed by atoms with van der Waals surface area (Å²) in [6.45, 7) is -0.0900. The van der Waals surface area contributed by atoms with E-state index in [1.807, 2.05) is 0 Å². The Morgan fingerprint density at radius 3 is 1.66 bits per heavy atom. The number of hydrogen-bond donors (Lipinski definition) is 28. The molecule has 3 aliphatic heterocycles. The topological polar surface area (TPSA) is 754 Å². The van der Waals surface area contributed by atoms with Crippen molar-refractivity contribution in [2.24, 2.45) is 22.9 Å². The summed E-state index contributed by atoms with van der Waals surface area (Å²) in [4.78, 5) is 230. The molecule has 3 aliphatic rings. The van der Waals surface area contributed by atoms with Gasteiger partial charge in [0.15, 0.2) is 17.9 Å². The third-order valence-electron chi connectivity index (χ3n) is 18.2. The van der Waals surface area contributed by atoms with Crippen LogP contribution in [0.2, 0.25) is 0 Å². The molecule has 1 unspecified atom stereocenters. The number of phenolic OH excluding ortho intramolecular Hbond substituents is 2. The zero-order valence-electron chi connectivity index (χ0n) is 64.4. The number of fused-ring (bicyclic) bond motifs is 9. The number of carboxylic acid groups (broad SMARTS) is 3. The van der Waals surface area contributed by atoms with E-state index in [1.54, 1.807) is 22.6 Å². The lowest BCUT2D eigenvalue weighted by Gasteiger charge is -2.31. The number of carbonyl (C=O) groups excluding carboxylic acids is 13. The number of rotatable bonds is 30. The van der Waals surface area contributed by atoms with E-state index in [0.29, 0.717) is 27.2 Å². The van der Waals surface area contributed by atoms with Crippen LogP contribution >= 0.6 is 65.8 Å². The maximum atomic E-state index is 15.3. The summed E-state index contributed by atoms with van der Waals surface area (Å²) >= 11 is 1.78. The van der Waals surface area contributed by atoms with Crippen molar-refractivity contribution in [3.63, 3.8) is 0 Å². The maximum absolute atomic E-state index is 15.3. The molecule has 45 nitrogen and oxygen atoms in total. The molecular formula is C69H102IN23O22S4. The molecular weight excluding hydrogens is 1760 g/mol. The molecule has 50 heteroatoms. The number of phenols is 2. The second kappa shape index (κ2) is 50.4. The van der Waals surface area contributed by atoms with Gasteiger partial charge in [-0.2, -0.15) is 0 Å². The number of carboxylic acids is 3. The number of aliphatic hydroxyl groups is 1. The lowest BCUT2D eigenvalue weighted by atomic mass is 10.0. The van der Waals surface area contributed by atoms with Gasteiger partial charge in [0.05, 0.1) is 22.6 Å². The van der Waals surface area contributed by atoms with Crippen LogP contribution in [0.1, 0.15) is 95.1 Å². The molecule has 2 aromatic rings. The Morgan fingerprint density at radius 2 is 1.09 bits per heavy atom. The van der Waals surface area contributed by atoms with E-state index >= 15 is 28.8 Å². The van der Waals surface area contributed by atoms with Crippen LogP contribution in [0.5, 0.6) is 11.5 Å². The second-order valence-electron chi connectivity index (χ2n) is 27.6. The van der Waals surface area contributed by atoms with Crippen molar-refractivity contribution in [2.45, 2.75) is 181 Å². The number of nitrogens with zero attached hydrogens (tertiary/aromatic N) is 1. The van der Waals surface area contributed by atoms with Crippen LogP contribution in [0.3, 0.4) is 0 Å².